The zero-order chi connectivity index (χ0) is 13.0. The van der Waals surface area contributed by atoms with Crippen molar-refractivity contribution < 1.29 is 4.39 Å². The van der Waals surface area contributed by atoms with Crippen LogP contribution in [0, 0.1) is 11.7 Å². The normalized spacial score (nSPS) is 21.2. The Hall–Kier alpha value is -0.450. The fourth-order valence-corrected chi connectivity index (χ4v) is 2.91. The van der Waals surface area contributed by atoms with Crippen LogP contribution in [0.2, 0.25) is 0 Å². The molecule has 0 spiro atoms. The predicted octanol–water partition coefficient (Wildman–Crippen LogP) is 3.15. The minimum atomic E-state index is -0.178. The Morgan fingerprint density at radius 2 is 2.28 bits per heavy atom. The third-order valence-corrected chi connectivity index (χ3v) is 4.21. The topological polar surface area (TPSA) is 29.3 Å². The van der Waals surface area contributed by atoms with Crippen molar-refractivity contribution in [1.82, 2.24) is 4.90 Å². The van der Waals surface area contributed by atoms with E-state index in [0.717, 1.165) is 38.2 Å². The van der Waals surface area contributed by atoms with Crippen LogP contribution in [0.5, 0.6) is 0 Å². The summed E-state index contributed by atoms with van der Waals surface area (Å²) in [4.78, 5) is 2.41. The lowest BCUT2D eigenvalue weighted by molar-refractivity contribution is 0.163. The molecule has 2 N–H and O–H groups in total. The van der Waals surface area contributed by atoms with Gasteiger partial charge in [-0.3, -0.25) is 4.90 Å². The molecule has 1 aromatic rings. The van der Waals surface area contributed by atoms with Gasteiger partial charge >= 0.3 is 0 Å². The fraction of sp³-hybridized carbons (Fsp3) is 0.571. The van der Waals surface area contributed by atoms with Crippen LogP contribution < -0.4 is 5.73 Å². The molecule has 0 radical (unpaired) electrons. The van der Waals surface area contributed by atoms with Crippen molar-refractivity contribution in [2.24, 2.45) is 11.7 Å². The van der Waals surface area contributed by atoms with E-state index in [1.54, 1.807) is 12.1 Å². The second-order valence-corrected chi connectivity index (χ2v) is 5.92. The van der Waals surface area contributed by atoms with E-state index in [2.05, 4.69) is 20.8 Å². The van der Waals surface area contributed by atoms with Crippen molar-refractivity contribution >= 4 is 15.9 Å². The second kappa shape index (κ2) is 6.64. The van der Waals surface area contributed by atoms with E-state index >= 15 is 0 Å². The maximum atomic E-state index is 13.4. The van der Waals surface area contributed by atoms with Crippen molar-refractivity contribution in [2.75, 3.05) is 19.6 Å². The van der Waals surface area contributed by atoms with Crippen molar-refractivity contribution in [2.45, 2.75) is 25.8 Å². The first-order valence-corrected chi connectivity index (χ1v) is 7.34. The molecule has 1 aliphatic heterocycles. The lowest BCUT2D eigenvalue weighted by Gasteiger charge is -2.32. The first-order valence-electron chi connectivity index (χ1n) is 6.55. The Morgan fingerprint density at radius 1 is 1.44 bits per heavy atom. The minimum absolute atomic E-state index is 0.178. The molecular weight excluding hydrogens is 295 g/mol. The van der Waals surface area contributed by atoms with E-state index in [0.29, 0.717) is 10.4 Å². The van der Waals surface area contributed by atoms with Gasteiger partial charge in [0.2, 0.25) is 0 Å². The van der Waals surface area contributed by atoms with Gasteiger partial charge in [-0.05, 0) is 71.9 Å². The first kappa shape index (κ1) is 14.0. The summed E-state index contributed by atoms with van der Waals surface area (Å²) >= 11 is 3.18. The summed E-state index contributed by atoms with van der Waals surface area (Å²) in [5, 5.41) is 0. The van der Waals surface area contributed by atoms with E-state index in [1.165, 1.54) is 12.8 Å². The molecule has 2 rings (SSSR count). The standard InChI is InChI=1S/C14H20BrFN2/c15-13-4-3-12(8-14(13)16)10-18-7-1-2-11(9-18)5-6-17/h3-4,8,11H,1-2,5-7,9-10,17H2. The minimum Gasteiger partial charge on any atom is -0.330 e. The maximum absolute atomic E-state index is 13.4. The van der Waals surface area contributed by atoms with Gasteiger partial charge in [0, 0.05) is 13.1 Å². The van der Waals surface area contributed by atoms with E-state index in [9.17, 15) is 4.39 Å². The van der Waals surface area contributed by atoms with Gasteiger partial charge < -0.3 is 5.73 Å². The molecule has 0 amide bonds. The van der Waals surface area contributed by atoms with Gasteiger partial charge in [-0.15, -0.1) is 0 Å². The van der Waals surface area contributed by atoms with Crippen molar-refractivity contribution in [3.05, 3.63) is 34.1 Å². The van der Waals surface area contributed by atoms with Gasteiger partial charge in [-0.2, -0.15) is 0 Å². The highest BCUT2D eigenvalue weighted by Crippen LogP contribution is 2.22. The summed E-state index contributed by atoms with van der Waals surface area (Å²) in [6, 6.07) is 5.39. The van der Waals surface area contributed by atoms with Crippen LogP contribution in [0.4, 0.5) is 4.39 Å². The number of piperidine rings is 1. The average molecular weight is 315 g/mol. The molecule has 1 heterocycles. The zero-order valence-electron chi connectivity index (χ0n) is 10.5. The largest absolute Gasteiger partial charge is 0.330 e. The van der Waals surface area contributed by atoms with Gasteiger partial charge in [-0.25, -0.2) is 4.39 Å². The van der Waals surface area contributed by atoms with Crippen LogP contribution in [-0.2, 0) is 6.54 Å². The number of hydrogen-bond donors (Lipinski definition) is 1. The molecule has 1 atom stereocenters. The zero-order valence-corrected chi connectivity index (χ0v) is 12.1. The van der Waals surface area contributed by atoms with Crippen LogP contribution >= 0.6 is 15.9 Å². The molecule has 0 aromatic heterocycles. The summed E-state index contributed by atoms with van der Waals surface area (Å²) in [5.41, 5.74) is 6.67. The molecule has 0 bridgehead atoms. The van der Waals surface area contributed by atoms with E-state index < -0.39 is 0 Å². The molecule has 1 unspecified atom stereocenters. The Morgan fingerprint density at radius 3 is 3.00 bits per heavy atom. The molecule has 0 saturated carbocycles. The van der Waals surface area contributed by atoms with Crippen molar-refractivity contribution in [3.63, 3.8) is 0 Å². The number of rotatable bonds is 4. The Labute approximate surface area is 116 Å². The fourth-order valence-electron chi connectivity index (χ4n) is 2.66. The summed E-state index contributed by atoms with van der Waals surface area (Å²) in [7, 11) is 0. The quantitative estimate of drug-likeness (QED) is 0.925. The highest BCUT2D eigenvalue weighted by atomic mass is 79.9. The number of benzene rings is 1. The number of likely N-dealkylation sites (tertiary alicyclic amines) is 1. The van der Waals surface area contributed by atoms with Crippen LogP contribution in [0.3, 0.4) is 0 Å². The highest BCUT2D eigenvalue weighted by Gasteiger charge is 2.19. The Bertz CT molecular complexity index is 395. The van der Waals surface area contributed by atoms with Gasteiger partial charge in [0.1, 0.15) is 5.82 Å². The monoisotopic (exact) mass is 314 g/mol. The number of nitrogens with zero attached hydrogens (tertiary/aromatic N) is 1. The van der Waals surface area contributed by atoms with E-state index in [-0.39, 0.29) is 5.82 Å². The molecular formula is C14H20BrFN2. The van der Waals surface area contributed by atoms with Crippen LogP contribution in [-0.4, -0.2) is 24.5 Å². The molecule has 4 heteroatoms. The smallest absolute Gasteiger partial charge is 0.137 e. The van der Waals surface area contributed by atoms with Crippen LogP contribution in [0.25, 0.3) is 0 Å². The number of hydrogen-bond acceptors (Lipinski definition) is 2. The van der Waals surface area contributed by atoms with E-state index in [4.69, 9.17) is 5.73 Å². The summed E-state index contributed by atoms with van der Waals surface area (Å²) in [5.74, 6) is 0.534. The van der Waals surface area contributed by atoms with Crippen LogP contribution in [0.15, 0.2) is 22.7 Å². The number of halogens is 2. The number of nitrogens with two attached hydrogens (primary N) is 1. The second-order valence-electron chi connectivity index (χ2n) is 5.07. The Balaban J connectivity index is 1.93. The summed E-state index contributed by atoms with van der Waals surface area (Å²) in [6.07, 6.45) is 3.61. The molecule has 0 aliphatic carbocycles. The van der Waals surface area contributed by atoms with Crippen LogP contribution in [0.1, 0.15) is 24.8 Å². The van der Waals surface area contributed by atoms with Crippen molar-refractivity contribution in [1.29, 1.82) is 0 Å². The lowest BCUT2D eigenvalue weighted by atomic mass is 9.94. The lowest BCUT2D eigenvalue weighted by Crippen LogP contribution is -2.35. The summed E-state index contributed by atoms with van der Waals surface area (Å²) in [6.45, 7) is 3.81. The Kier molecular flexibility index (Phi) is 5.15. The van der Waals surface area contributed by atoms with Gasteiger partial charge in [0.25, 0.3) is 0 Å². The molecule has 1 saturated heterocycles. The SMILES string of the molecule is NCCC1CCCN(Cc2ccc(Br)c(F)c2)C1. The molecule has 1 aliphatic rings. The van der Waals surface area contributed by atoms with Gasteiger partial charge in [-0.1, -0.05) is 6.07 Å². The van der Waals surface area contributed by atoms with Crippen molar-refractivity contribution in [3.8, 4) is 0 Å². The van der Waals surface area contributed by atoms with E-state index in [1.807, 2.05) is 6.07 Å². The molecule has 1 aromatic carbocycles. The third kappa shape index (κ3) is 3.77. The molecule has 18 heavy (non-hydrogen) atoms. The summed E-state index contributed by atoms with van der Waals surface area (Å²) < 4.78 is 14.0. The first-order chi connectivity index (χ1) is 8.69. The van der Waals surface area contributed by atoms with Gasteiger partial charge in [0.05, 0.1) is 4.47 Å². The van der Waals surface area contributed by atoms with Gasteiger partial charge in [0.15, 0.2) is 0 Å². The average Bonchev–Trinajstić information content (AvgIpc) is 2.35. The predicted molar refractivity (Wildman–Crippen MR) is 75.8 cm³/mol. The third-order valence-electron chi connectivity index (χ3n) is 3.57. The molecule has 100 valence electrons. The highest BCUT2D eigenvalue weighted by molar-refractivity contribution is 9.10. The maximum Gasteiger partial charge on any atom is 0.137 e. The molecule has 2 nitrogen and oxygen atoms in total. The molecule has 1 fully saturated rings.